The van der Waals surface area contributed by atoms with Crippen LogP contribution in [0, 0.1) is 5.82 Å². The summed E-state index contributed by atoms with van der Waals surface area (Å²) in [5.41, 5.74) is 0.530. The number of nitrogens with one attached hydrogen (secondary N) is 1. The van der Waals surface area contributed by atoms with Crippen LogP contribution in [0.3, 0.4) is 0 Å². The van der Waals surface area contributed by atoms with Crippen LogP contribution >= 0.6 is 0 Å². The van der Waals surface area contributed by atoms with Crippen LogP contribution in [-0.2, 0) is 10.2 Å². The van der Waals surface area contributed by atoms with Crippen LogP contribution in [0.2, 0.25) is 0 Å². The van der Waals surface area contributed by atoms with E-state index >= 15 is 0 Å². The Hall–Kier alpha value is -1.38. The number of unbranched alkanes of at least 4 members (excludes halogenated alkanes) is 1. The molecular formula is C16H22FNO. The summed E-state index contributed by atoms with van der Waals surface area (Å²) in [5.74, 6) is -0.131. The lowest BCUT2D eigenvalue weighted by molar-refractivity contribution is -0.126. The summed E-state index contributed by atoms with van der Waals surface area (Å²) in [7, 11) is 0. The molecule has 0 atom stereocenters. The lowest BCUT2D eigenvalue weighted by Gasteiger charge is -2.28. The molecule has 1 N–H and O–H groups in total. The van der Waals surface area contributed by atoms with Crippen molar-refractivity contribution in [3.05, 3.63) is 35.6 Å². The van der Waals surface area contributed by atoms with Crippen molar-refractivity contribution in [3.63, 3.8) is 0 Å². The Morgan fingerprint density at radius 1 is 1.26 bits per heavy atom. The van der Waals surface area contributed by atoms with Gasteiger partial charge in [-0.05, 0) is 37.0 Å². The first kappa shape index (κ1) is 14.0. The van der Waals surface area contributed by atoms with Crippen LogP contribution in [0.1, 0.15) is 51.0 Å². The molecule has 2 rings (SSSR count). The Balaban J connectivity index is 2.17. The molecule has 0 heterocycles. The molecular weight excluding hydrogens is 241 g/mol. The molecule has 1 aliphatic carbocycles. The molecule has 0 aromatic heterocycles. The SMILES string of the molecule is CCCCNC(=O)C1(c2ccc(F)cc2)CCCC1. The van der Waals surface area contributed by atoms with Gasteiger partial charge in [0.1, 0.15) is 5.82 Å². The lowest BCUT2D eigenvalue weighted by Crippen LogP contribution is -2.43. The molecule has 1 fully saturated rings. The van der Waals surface area contributed by atoms with Gasteiger partial charge in [-0.15, -0.1) is 0 Å². The van der Waals surface area contributed by atoms with E-state index in [2.05, 4.69) is 12.2 Å². The molecule has 0 radical (unpaired) electrons. The summed E-state index contributed by atoms with van der Waals surface area (Å²) in [6.45, 7) is 2.84. The van der Waals surface area contributed by atoms with E-state index in [1.165, 1.54) is 12.1 Å². The summed E-state index contributed by atoms with van der Waals surface area (Å²) < 4.78 is 13.0. The van der Waals surface area contributed by atoms with Crippen molar-refractivity contribution in [2.45, 2.75) is 50.9 Å². The van der Waals surface area contributed by atoms with Crippen molar-refractivity contribution in [1.29, 1.82) is 0 Å². The Morgan fingerprint density at radius 3 is 2.47 bits per heavy atom. The van der Waals surface area contributed by atoms with Crippen molar-refractivity contribution in [3.8, 4) is 0 Å². The summed E-state index contributed by atoms with van der Waals surface area (Å²) >= 11 is 0. The second-order valence-electron chi connectivity index (χ2n) is 5.41. The normalized spacial score (nSPS) is 17.4. The van der Waals surface area contributed by atoms with Gasteiger partial charge in [-0.3, -0.25) is 4.79 Å². The Labute approximate surface area is 114 Å². The third kappa shape index (κ3) is 2.96. The molecule has 0 saturated heterocycles. The molecule has 0 bridgehead atoms. The monoisotopic (exact) mass is 263 g/mol. The van der Waals surface area contributed by atoms with E-state index in [9.17, 15) is 9.18 Å². The van der Waals surface area contributed by atoms with Gasteiger partial charge in [-0.2, -0.15) is 0 Å². The number of amides is 1. The largest absolute Gasteiger partial charge is 0.355 e. The van der Waals surface area contributed by atoms with Gasteiger partial charge >= 0.3 is 0 Å². The zero-order chi connectivity index (χ0) is 13.7. The maximum atomic E-state index is 13.0. The number of rotatable bonds is 5. The average molecular weight is 263 g/mol. The average Bonchev–Trinajstić information content (AvgIpc) is 2.90. The first-order valence-electron chi connectivity index (χ1n) is 7.23. The van der Waals surface area contributed by atoms with E-state index in [1.807, 2.05) is 0 Å². The van der Waals surface area contributed by atoms with Crippen LogP contribution in [0.15, 0.2) is 24.3 Å². The standard InChI is InChI=1S/C16H22FNO/c1-2-3-12-18-15(19)16(10-4-5-11-16)13-6-8-14(17)9-7-13/h6-9H,2-5,10-12H2,1H3,(H,18,19). The van der Waals surface area contributed by atoms with E-state index in [4.69, 9.17) is 0 Å². The van der Waals surface area contributed by atoms with E-state index in [0.29, 0.717) is 0 Å². The molecule has 2 nitrogen and oxygen atoms in total. The summed E-state index contributed by atoms with van der Waals surface area (Å²) in [6.07, 6.45) is 5.96. The molecule has 104 valence electrons. The third-order valence-corrected chi connectivity index (χ3v) is 4.10. The highest BCUT2D eigenvalue weighted by molar-refractivity contribution is 5.88. The Bertz CT molecular complexity index is 421. The molecule has 1 amide bonds. The first-order chi connectivity index (χ1) is 9.19. The van der Waals surface area contributed by atoms with Crippen molar-refractivity contribution in [1.82, 2.24) is 5.32 Å². The number of carbonyl (C=O) groups excluding carboxylic acids is 1. The van der Waals surface area contributed by atoms with Gasteiger partial charge in [-0.1, -0.05) is 38.3 Å². The highest BCUT2D eigenvalue weighted by Gasteiger charge is 2.42. The second kappa shape index (κ2) is 6.18. The Kier molecular flexibility index (Phi) is 4.56. The Morgan fingerprint density at radius 2 is 1.89 bits per heavy atom. The summed E-state index contributed by atoms with van der Waals surface area (Å²) in [6, 6.07) is 6.43. The maximum absolute atomic E-state index is 13.0. The van der Waals surface area contributed by atoms with Crippen LogP contribution in [0.4, 0.5) is 4.39 Å². The van der Waals surface area contributed by atoms with Crippen molar-refractivity contribution < 1.29 is 9.18 Å². The molecule has 0 aliphatic heterocycles. The number of hydrogen-bond donors (Lipinski definition) is 1. The fourth-order valence-corrected chi connectivity index (χ4v) is 2.94. The number of benzene rings is 1. The molecule has 0 unspecified atom stereocenters. The topological polar surface area (TPSA) is 29.1 Å². The van der Waals surface area contributed by atoms with Gasteiger partial charge in [0.2, 0.25) is 5.91 Å². The van der Waals surface area contributed by atoms with E-state index in [0.717, 1.165) is 50.6 Å². The predicted molar refractivity (Wildman–Crippen MR) is 74.5 cm³/mol. The fraction of sp³-hybridized carbons (Fsp3) is 0.562. The third-order valence-electron chi connectivity index (χ3n) is 4.10. The molecule has 1 aliphatic rings. The number of carbonyl (C=O) groups is 1. The molecule has 1 saturated carbocycles. The van der Waals surface area contributed by atoms with Crippen LogP contribution < -0.4 is 5.32 Å². The second-order valence-corrected chi connectivity index (χ2v) is 5.41. The molecule has 19 heavy (non-hydrogen) atoms. The molecule has 1 aromatic carbocycles. The highest BCUT2D eigenvalue weighted by atomic mass is 19.1. The van der Waals surface area contributed by atoms with Gasteiger partial charge in [0, 0.05) is 6.54 Å². The minimum absolute atomic E-state index is 0.116. The van der Waals surface area contributed by atoms with Gasteiger partial charge in [0.15, 0.2) is 0 Å². The van der Waals surface area contributed by atoms with Crippen LogP contribution in [0.5, 0.6) is 0 Å². The fourth-order valence-electron chi connectivity index (χ4n) is 2.94. The van der Waals surface area contributed by atoms with Crippen LogP contribution in [0.25, 0.3) is 0 Å². The van der Waals surface area contributed by atoms with Crippen molar-refractivity contribution in [2.24, 2.45) is 0 Å². The van der Waals surface area contributed by atoms with Gasteiger partial charge < -0.3 is 5.32 Å². The van der Waals surface area contributed by atoms with E-state index < -0.39 is 5.41 Å². The smallest absolute Gasteiger partial charge is 0.230 e. The number of hydrogen-bond acceptors (Lipinski definition) is 1. The van der Waals surface area contributed by atoms with Gasteiger partial charge in [-0.25, -0.2) is 4.39 Å². The number of halogens is 1. The predicted octanol–water partition coefficient (Wildman–Crippen LogP) is 3.55. The summed E-state index contributed by atoms with van der Waals surface area (Å²) in [4.78, 5) is 12.5. The molecule has 3 heteroatoms. The minimum Gasteiger partial charge on any atom is -0.355 e. The zero-order valence-corrected chi connectivity index (χ0v) is 11.5. The van der Waals surface area contributed by atoms with E-state index in [-0.39, 0.29) is 11.7 Å². The quantitative estimate of drug-likeness (QED) is 0.809. The highest BCUT2D eigenvalue weighted by Crippen LogP contribution is 2.41. The van der Waals surface area contributed by atoms with Crippen molar-refractivity contribution in [2.75, 3.05) is 6.54 Å². The van der Waals surface area contributed by atoms with Crippen LogP contribution in [-0.4, -0.2) is 12.5 Å². The van der Waals surface area contributed by atoms with Gasteiger partial charge in [0.05, 0.1) is 5.41 Å². The zero-order valence-electron chi connectivity index (χ0n) is 11.5. The van der Waals surface area contributed by atoms with Gasteiger partial charge in [0.25, 0.3) is 0 Å². The molecule has 1 aromatic rings. The minimum atomic E-state index is -0.429. The van der Waals surface area contributed by atoms with Crippen molar-refractivity contribution >= 4 is 5.91 Å². The summed E-state index contributed by atoms with van der Waals surface area (Å²) in [5, 5.41) is 3.05. The van der Waals surface area contributed by atoms with E-state index in [1.54, 1.807) is 12.1 Å². The first-order valence-corrected chi connectivity index (χ1v) is 7.23. The molecule has 0 spiro atoms. The maximum Gasteiger partial charge on any atom is 0.230 e. The lowest BCUT2D eigenvalue weighted by atomic mass is 9.78.